The molecule has 0 bridgehead atoms. The molecule has 0 atom stereocenters. The molecule has 1 aromatic heterocycles. The lowest BCUT2D eigenvalue weighted by atomic mass is 10.2. The highest BCUT2D eigenvalue weighted by molar-refractivity contribution is 6.32. The second kappa shape index (κ2) is 11.6. The first-order valence-electron chi connectivity index (χ1n) is 9.18. The molecule has 10 heteroatoms. The summed E-state index contributed by atoms with van der Waals surface area (Å²) in [7, 11) is 0. The van der Waals surface area contributed by atoms with Crippen molar-refractivity contribution < 1.29 is 28.6 Å². The Bertz CT molecular complexity index is 906. The molecule has 0 aliphatic heterocycles. The molecule has 0 fully saturated rings. The van der Waals surface area contributed by atoms with Crippen LogP contribution in [-0.4, -0.2) is 49.1 Å². The minimum Gasteiger partial charge on any atom is -0.490 e. The number of pyridine rings is 1. The third-order valence-electron chi connectivity index (χ3n) is 3.60. The standard InChI is InChI=1S/C20H22ClN3O6/c1-3-28-15-8-7-13(10-16(15)29-4-2)20(27)23-11-18(26)30-12-17(25)24-14-6-5-9-22-19(14)21/h5-10H,3-4,11-12H2,1-2H3,(H,23,27)(H,24,25). The number of rotatable bonds is 10. The molecule has 0 saturated heterocycles. The topological polar surface area (TPSA) is 116 Å². The van der Waals surface area contributed by atoms with Crippen LogP contribution in [-0.2, 0) is 14.3 Å². The SMILES string of the molecule is CCOc1ccc(C(=O)NCC(=O)OCC(=O)Nc2cccnc2Cl)cc1OCC. The van der Waals surface area contributed by atoms with Gasteiger partial charge in [-0.05, 0) is 44.2 Å². The molecule has 9 nitrogen and oxygen atoms in total. The smallest absolute Gasteiger partial charge is 0.325 e. The number of anilines is 1. The van der Waals surface area contributed by atoms with Crippen molar-refractivity contribution in [1.29, 1.82) is 0 Å². The predicted octanol–water partition coefficient (Wildman–Crippen LogP) is 2.44. The number of carbonyl (C=O) groups excluding carboxylic acids is 3. The van der Waals surface area contributed by atoms with Gasteiger partial charge in [0.25, 0.3) is 11.8 Å². The van der Waals surface area contributed by atoms with E-state index in [4.69, 9.17) is 25.8 Å². The summed E-state index contributed by atoms with van der Waals surface area (Å²) in [5, 5.41) is 5.01. The number of esters is 1. The molecule has 160 valence electrons. The number of benzene rings is 1. The van der Waals surface area contributed by atoms with Gasteiger partial charge in [0.15, 0.2) is 23.3 Å². The summed E-state index contributed by atoms with van der Waals surface area (Å²) in [6, 6.07) is 7.86. The van der Waals surface area contributed by atoms with Crippen LogP contribution in [0.15, 0.2) is 36.5 Å². The van der Waals surface area contributed by atoms with Crippen LogP contribution in [0.5, 0.6) is 11.5 Å². The van der Waals surface area contributed by atoms with Crippen LogP contribution in [0, 0.1) is 0 Å². The maximum Gasteiger partial charge on any atom is 0.325 e. The van der Waals surface area contributed by atoms with Crippen LogP contribution in [0.25, 0.3) is 0 Å². The van der Waals surface area contributed by atoms with Gasteiger partial charge in [0.2, 0.25) is 0 Å². The van der Waals surface area contributed by atoms with Crippen molar-refractivity contribution in [3.8, 4) is 11.5 Å². The predicted molar refractivity (Wildman–Crippen MR) is 110 cm³/mol. The molecule has 0 saturated carbocycles. The maximum atomic E-state index is 12.3. The number of ether oxygens (including phenoxy) is 3. The van der Waals surface area contributed by atoms with E-state index < -0.39 is 30.9 Å². The molecule has 0 aliphatic carbocycles. The zero-order chi connectivity index (χ0) is 21.9. The van der Waals surface area contributed by atoms with Crippen molar-refractivity contribution in [2.75, 3.05) is 31.7 Å². The lowest BCUT2D eigenvalue weighted by molar-refractivity contribution is -0.146. The van der Waals surface area contributed by atoms with Crippen LogP contribution in [0.2, 0.25) is 5.15 Å². The van der Waals surface area contributed by atoms with Crippen LogP contribution in [0.1, 0.15) is 24.2 Å². The van der Waals surface area contributed by atoms with Gasteiger partial charge in [-0.25, -0.2) is 4.98 Å². The molecule has 1 heterocycles. The van der Waals surface area contributed by atoms with Gasteiger partial charge in [-0.15, -0.1) is 0 Å². The summed E-state index contributed by atoms with van der Waals surface area (Å²) in [6.07, 6.45) is 1.47. The van der Waals surface area contributed by atoms with E-state index in [2.05, 4.69) is 15.6 Å². The first-order valence-corrected chi connectivity index (χ1v) is 9.56. The largest absolute Gasteiger partial charge is 0.490 e. The molecule has 0 unspecified atom stereocenters. The van der Waals surface area contributed by atoms with E-state index >= 15 is 0 Å². The number of halogens is 1. The van der Waals surface area contributed by atoms with E-state index in [-0.39, 0.29) is 5.15 Å². The van der Waals surface area contributed by atoms with Gasteiger partial charge >= 0.3 is 5.97 Å². The fraction of sp³-hybridized carbons (Fsp3) is 0.300. The van der Waals surface area contributed by atoms with E-state index in [1.165, 1.54) is 12.3 Å². The first kappa shape index (κ1) is 23.0. The number of hydrogen-bond donors (Lipinski definition) is 2. The van der Waals surface area contributed by atoms with E-state index in [1.807, 2.05) is 13.8 Å². The number of nitrogens with one attached hydrogen (secondary N) is 2. The van der Waals surface area contributed by atoms with Crippen LogP contribution < -0.4 is 20.1 Å². The second-order valence-electron chi connectivity index (χ2n) is 5.76. The number of hydrogen-bond acceptors (Lipinski definition) is 7. The highest BCUT2D eigenvalue weighted by Gasteiger charge is 2.14. The molecule has 30 heavy (non-hydrogen) atoms. The van der Waals surface area contributed by atoms with Crippen molar-refractivity contribution in [3.05, 3.63) is 47.2 Å². The van der Waals surface area contributed by atoms with Gasteiger partial charge in [0.1, 0.15) is 6.54 Å². The number of amides is 2. The van der Waals surface area contributed by atoms with Gasteiger partial charge in [0.05, 0.1) is 18.9 Å². The third-order valence-corrected chi connectivity index (χ3v) is 3.90. The molecule has 2 aromatic rings. The Morgan fingerprint density at radius 2 is 1.80 bits per heavy atom. The van der Waals surface area contributed by atoms with Crippen LogP contribution >= 0.6 is 11.6 Å². The summed E-state index contributed by atoms with van der Waals surface area (Å²) in [5.74, 6) is -0.901. The van der Waals surface area contributed by atoms with Crippen molar-refractivity contribution in [2.24, 2.45) is 0 Å². The molecular weight excluding hydrogens is 414 g/mol. The van der Waals surface area contributed by atoms with Gasteiger partial charge in [0, 0.05) is 11.8 Å². The van der Waals surface area contributed by atoms with E-state index in [9.17, 15) is 14.4 Å². The Morgan fingerprint density at radius 3 is 2.50 bits per heavy atom. The average Bonchev–Trinajstić information content (AvgIpc) is 2.73. The van der Waals surface area contributed by atoms with Crippen molar-refractivity contribution in [1.82, 2.24) is 10.3 Å². The molecule has 0 aliphatic rings. The normalized spacial score (nSPS) is 10.1. The highest BCUT2D eigenvalue weighted by Crippen LogP contribution is 2.28. The summed E-state index contributed by atoms with van der Waals surface area (Å²) in [6.45, 7) is 3.58. The van der Waals surface area contributed by atoms with E-state index in [0.29, 0.717) is 36.0 Å². The second-order valence-corrected chi connectivity index (χ2v) is 6.12. The highest BCUT2D eigenvalue weighted by atomic mass is 35.5. The molecule has 1 aromatic carbocycles. The molecule has 0 radical (unpaired) electrons. The summed E-state index contributed by atoms with van der Waals surface area (Å²) in [5.41, 5.74) is 0.591. The number of carbonyl (C=O) groups is 3. The lowest BCUT2D eigenvalue weighted by Gasteiger charge is -2.12. The van der Waals surface area contributed by atoms with Gasteiger partial charge < -0.3 is 24.8 Å². The van der Waals surface area contributed by atoms with Crippen LogP contribution in [0.4, 0.5) is 5.69 Å². The molecule has 0 spiro atoms. The fourth-order valence-corrected chi connectivity index (χ4v) is 2.48. The Labute approximate surface area is 178 Å². The number of nitrogens with zero attached hydrogens (tertiary/aromatic N) is 1. The van der Waals surface area contributed by atoms with E-state index in [1.54, 1.807) is 24.3 Å². The Kier molecular flexibility index (Phi) is 8.89. The van der Waals surface area contributed by atoms with E-state index in [0.717, 1.165) is 0 Å². The van der Waals surface area contributed by atoms with Gasteiger partial charge in [-0.2, -0.15) is 0 Å². The monoisotopic (exact) mass is 435 g/mol. The zero-order valence-corrected chi connectivity index (χ0v) is 17.3. The summed E-state index contributed by atoms with van der Waals surface area (Å²) in [4.78, 5) is 39.7. The number of aromatic nitrogens is 1. The molecule has 2 amide bonds. The third kappa shape index (κ3) is 6.93. The zero-order valence-electron chi connectivity index (χ0n) is 16.6. The molecule has 2 N–H and O–H groups in total. The molecular formula is C20H22ClN3O6. The van der Waals surface area contributed by atoms with Gasteiger partial charge in [-0.1, -0.05) is 11.6 Å². The van der Waals surface area contributed by atoms with Crippen molar-refractivity contribution >= 4 is 35.1 Å². The summed E-state index contributed by atoms with van der Waals surface area (Å²) >= 11 is 5.83. The van der Waals surface area contributed by atoms with Gasteiger partial charge in [-0.3, -0.25) is 14.4 Å². The van der Waals surface area contributed by atoms with Crippen molar-refractivity contribution in [2.45, 2.75) is 13.8 Å². The lowest BCUT2D eigenvalue weighted by Crippen LogP contribution is -2.32. The summed E-state index contributed by atoms with van der Waals surface area (Å²) < 4.78 is 15.8. The Morgan fingerprint density at radius 1 is 1.07 bits per heavy atom. The fourth-order valence-electron chi connectivity index (χ4n) is 2.31. The first-order chi connectivity index (χ1) is 14.4. The average molecular weight is 436 g/mol. The minimum absolute atomic E-state index is 0.117. The van der Waals surface area contributed by atoms with Crippen LogP contribution in [0.3, 0.4) is 0 Å². The minimum atomic E-state index is -0.772. The molecule has 2 rings (SSSR count). The van der Waals surface area contributed by atoms with Crippen molar-refractivity contribution in [3.63, 3.8) is 0 Å². The maximum absolute atomic E-state index is 12.3. The Hall–Kier alpha value is -3.33. The Balaban J connectivity index is 1.82. The quantitative estimate of drug-likeness (QED) is 0.435.